The van der Waals surface area contributed by atoms with E-state index < -0.39 is 44.3 Å². The van der Waals surface area contributed by atoms with Crippen molar-refractivity contribution in [3.05, 3.63) is 0 Å². The maximum absolute atomic E-state index is 11.0. The monoisotopic (exact) mass is 899 g/mol. The van der Waals surface area contributed by atoms with Crippen molar-refractivity contribution in [2.24, 2.45) is 0 Å². The molecule has 0 aliphatic carbocycles. The Hall–Kier alpha value is -3.50. The number of hydrogen-bond acceptors (Lipinski definition) is 20. The summed E-state index contributed by atoms with van der Waals surface area (Å²) in [5, 5.41) is 70.8. The summed E-state index contributed by atoms with van der Waals surface area (Å²) < 4.78 is 0. The normalized spacial score (nSPS) is 26.2. The number of rotatable bonds is 13. The lowest BCUT2D eigenvalue weighted by Gasteiger charge is -2.51. The van der Waals surface area contributed by atoms with Gasteiger partial charge in [0.1, 0.15) is 0 Å². The summed E-state index contributed by atoms with van der Waals surface area (Å²) in [6, 6.07) is -0.0379. The second-order valence-electron chi connectivity index (χ2n) is 24.2. The second kappa shape index (κ2) is 17.3. The predicted octanol–water partition coefficient (Wildman–Crippen LogP) is 6.87. The van der Waals surface area contributed by atoms with Crippen LogP contribution in [-0.4, -0.2) is 153 Å². The van der Waals surface area contributed by atoms with Gasteiger partial charge in [-0.2, -0.15) is 50.2 Å². The summed E-state index contributed by atoms with van der Waals surface area (Å²) in [5.74, 6) is 2.48. The highest BCUT2D eigenvalue weighted by atomic mass is 16.5. The molecule has 2 aromatic heterocycles. The molecular weight excluding hydrogens is 817 g/mol. The van der Waals surface area contributed by atoms with Gasteiger partial charge in [-0.1, -0.05) is 0 Å². The maximum atomic E-state index is 11.0. The fourth-order valence-electron chi connectivity index (χ4n) is 11.7. The first-order chi connectivity index (χ1) is 29.2. The fraction of sp³-hybridized carbons (Fsp3) is 0.864. The van der Waals surface area contributed by atoms with Crippen molar-refractivity contribution in [1.29, 1.82) is 0 Å². The van der Waals surface area contributed by atoms with Gasteiger partial charge in [-0.3, -0.25) is 0 Å². The average Bonchev–Trinajstić information content (AvgIpc) is 3.11. The molecule has 0 atom stereocenters. The van der Waals surface area contributed by atoms with Crippen molar-refractivity contribution in [2.45, 2.75) is 231 Å². The van der Waals surface area contributed by atoms with Gasteiger partial charge in [-0.25, -0.2) is 0 Å². The van der Waals surface area contributed by atoms with E-state index in [1.807, 2.05) is 111 Å². The standard InChI is InChI=1S/C44H82N16O4/c1-37(2)19-27(20-38(3,4)57(37)61)47-33-51-31(52-34(55-33)48-28-21-39(5,6)58(62)40(7,8)22-28)45-17-18-46-32-53-35(49-29-23-41(9,10)59(63)42(11,12)24-29)56-36(54-32)50-30-25-43(13,14)60(64)44(15,16)26-30/h27-30,61-64H,17-26H2,1-16H3,(H3,45,47,48,51,52,55)(H3,46,49,50,53,54,56). The van der Waals surface area contributed by atoms with E-state index in [9.17, 15) is 20.8 Å². The minimum absolute atomic E-state index is 0.00947. The highest BCUT2D eigenvalue weighted by Crippen LogP contribution is 2.41. The molecule has 20 heteroatoms. The van der Waals surface area contributed by atoms with Crippen LogP contribution in [-0.2, 0) is 0 Å². The third-order valence-corrected chi connectivity index (χ3v) is 13.8. The SMILES string of the molecule is CC1(C)CC(Nc2nc(NCCNc3nc(NC4CC(C)(C)N(O)C(C)(C)C4)nc(NC4CC(C)(C)N(O)C(C)(C)C4)n3)nc(NC3CC(C)(C)N(O)C(C)(C)C3)n2)CC(C)(C)N1O. The predicted molar refractivity (Wildman–Crippen MR) is 250 cm³/mol. The van der Waals surface area contributed by atoms with Gasteiger partial charge in [-0.15, -0.1) is 0 Å². The largest absolute Gasteiger partial charge is 0.352 e. The van der Waals surface area contributed by atoms with Crippen LogP contribution in [0.1, 0.15) is 162 Å². The minimum atomic E-state index is -0.468. The quantitative estimate of drug-likeness (QED) is 0.0922. The van der Waals surface area contributed by atoms with E-state index in [2.05, 4.69) is 31.9 Å². The van der Waals surface area contributed by atoms with E-state index in [0.29, 0.717) is 100 Å². The first-order valence-corrected chi connectivity index (χ1v) is 23.2. The Balaban J connectivity index is 1.21. The number of piperidine rings is 4. The summed E-state index contributed by atoms with van der Waals surface area (Å²) in [4.78, 5) is 29.0. The van der Waals surface area contributed by atoms with Crippen molar-refractivity contribution in [3.8, 4) is 0 Å². The van der Waals surface area contributed by atoms with Crippen LogP contribution in [0.4, 0.5) is 35.7 Å². The number of hydrogen-bond donors (Lipinski definition) is 10. The lowest BCUT2D eigenvalue weighted by atomic mass is 9.79. The Labute approximate surface area is 381 Å². The molecule has 0 saturated carbocycles. The maximum Gasteiger partial charge on any atom is 0.229 e. The molecule has 64 heavy (non-hydrogen) atoms. The topological polar surface area (TPSA) is 243 Å². The van der Waals surface area contributed by atoms with E-state index in [0.717, 1.165) is 0 Å². The van der Waals surface area contributed by atoms with Crippen LogP contribution in [0.5, 0.6) is 0 Å². The molecule has 4 fully saturated rings. The first-order valence-electron chi connectivity index (χ1n) is 23.2. The molecule has 362 valence electrons. The molecule has 4 aliphatic rings. The summed E-state index contributed by atoms with van der Waals surface area (Å²) in [6.45, 7) is 33.4. The van der Waals surface area contributed by atoms with Gasteiger partial charge in [-0.05, 0) is 162 Å². The molecule has 20 nitrogen and oxygen atoms in total. The van der Waals surface area contributed by atoms with Crippen molar-refractivity contribution in [3.63, 3.8) is 0 Å². The molecule has 0 unspecified atom stereocenters. The Morgan fingerprint density at radius 2 is 0.484 bits per heavy atom. The summed E-state index contributed by atoms with van der Waals surface area (Å²) >= 11 is 0. The van der Waals surface area contributed by atoms with Gasteiger partial charge in [0.25, 0.3) is 0 Å². The Kier molecular flexibility index (Phi) is 13.5. The Bertz CT molecular complexity index is 1620. The zero-order valence-corrected chi connectivity index (χ0v) is 41.6. The van der Waals surface area contributed by atoms with Crippen LogP contribution in [0, 0.1) is 0 Å². The van der Waals surface area contributed by atoms with Gasteiger partial charge in [0.15, 0.2) is 0 Å². The minimum Gasteiger partial charge on any atom is -0.352 e. The molecule has 0 amide bonds. The lowest BCUT2D eigenvalue weighted by molar-refractivity contribution is -0.243. The number of aromatic nitrogens is 6. The van der Waals surface area contributed by atoms with E-state index in [4.69, 9.17) is 29.9 Å². The average molecular weight is 899 g/mol. The first kappa shape index (κ1) is 49.9. The number of nitrogens with zero attached hydrogens (tertiary/aromatic N) is 10. The molecule has 0 radical (unpaired) electrons. The van der Waals surface area contributed by atoms with Crippen LogP contribution in [0.3, 0.4) is 0 Å². The third kappa shape index (κ3) is 11.2. The molecule has 6 heterocycles. The van der Waals surface area contributed by atoms with Crippen LogP contribution in [0.2, 0.25) is 0 Å². The zero-order valence-electron chi connectivity index (χ0n) is 41.6. The van der Waals surface area contributed by atoms with Gasteiger partial charge in [0, 0.05) is 81.6 Å². The van der Waals surface area contributed by atoms with Crippen molar-refractivity contribution in [2.75, 3.05) is 45.0 Å². The summed E-state index contributed by atoms with van der Waals surface area (Å²) in [6.07, 6.45) is 5.42. The van der Waals surface area contributed by atoms with E-state index in [1.165, 1.54) is 20.3 Å². The molecule has 0 bridgehead atoms. The smallest absolute Gasteiger partial charge is 0.229 e. The highest BCUT2D eigenvalue weighted by Gasteiger charge is 2.49. The highest BCUT2D eigenvalue weighted by molar-refractivity contribution is 5.46. The Morgan fingerprint density at radius 3 is 0.656 bits per heavy atom. The molecule has 0 aromatic carbocycles. The van der Waals surface area contributed by atoms with Crippen LogP contribution >= 0.6 is 0 Å². The number of hydroxylamine groups is 8. The molecule has 0 spiro atoms. The van der Waals surface area contributed by atoms with Crippen LogP contribution < -0.4 is 31.9 Å². The van der Waals surface area contributed by atoms with E-state index in [-0.39, 0.29) is 24.2 Å². The van der Waals surface area contributed by atoms with E-state index >= 15 is 0 Å². The molecular formula is C44H82N16O4. The molecule has 4 aliphatic heterocycles. The number of nitrogens with one attached hydrogen (secondary N) is 6. The summed E-state index contributed by atoms with van der Waals surface area (Å²) in [7, 11) is 0. The van der Waals surface area contributed by atoms with Gasteiger partial charge >= 0.3 is 0 Å². The van der Waals surface area contributed by atoms with Crippen molar-refractivity contribution in [1.82, 2.24) is 50.2 Å². The van der Waals surface area contributed by atoms with Crippen LogP contribution in [0.25, 0.3) is 0 Å². The van der Waals surface area contributed by atoms with Gasteiger partial charge < -0.3 is 52.7 Å². The zero-order chi connectivity index (χ0) is 47.6. The van der Waals surface area contributed by atoms with Crippen molar-refractivity contribution < 1.29 is 20.8 Å². The van der Waals surface area contributed by atoms with Gasteiger partial charge in [0.05, 0.1) is 0 Å². The molecule has 6 rings (SSSR count). The second-order valence-corrected chi connectivity index (χ2v) is 24.2. The lowest BCUT2D eigenvalue weighted by Crippen LogP contribution is -2.61. The number of anilines is 6. The summed E-state index contributed by atoms with van der Waals surface area (Å²) in [5.41, 5.74) is -3.75. The Morgan fingerprint density at radius 1 is 0.328 bits per heavy atom. The molecule has 4 saturated heterocycles. The van der Waals surface area contributed by atoms with E-state index in [1.54, 1.807) is 0 Å². The third-order valence-electron chi connectivity index (χ3n) is 13.8. The van der Waals surface area contributed by atoms with Crippen molar-refractivity contribution >= 4 is 35.7 Å². The molecule has 10 N–H and O–H groups in total. The van der Waals surface area contributed by atoms with Crippen LogP contribution in [0.15, 0.2) is 0 Å². The van der Waals surface area contributed by atoms with Gasteiger partial charge in [0.2, 0.25) is 35.7 Å². The molecule has 2 aromatic rings. The fourth-order valence-corrected chi connectivity index (χ4v) is 11.7.